The fourth-order valence-electron chi connectivity index (χ4n) is 0.957. The number of carboxylic acids is 1. The molecule has 1 N–H and O–H groups in total. The highest BCUT2D eigenvalue weighted by molar-refractivity contribution is 5.88. The van der Waals surface area contributed by atoms with Crippen LogP contribution in [-0.4, -0.2) is 11.1 Å². The standard InChI is InChI=1S/C9H6FNO2/c1-5-2-8(10)7(9(12)13)3-6(5)4-11/h2-3H,1H3,(H,12,13). The average molecular weight is 179 g/mol. The van der Waals surface area contributed by atoms with Crippen LogP contribution in [0.2, 0.25) is 0 Å². The summed E-state index contributed by atoms with van der Waals surface area (Å²) >= 11 is 0. The second kappa shape index (κ2) is 3.23. The van der Waals surface area contributed by atoms with Gasteiger partial charge in [-0.2, -0.15) is 5.26 Å². The summed E-state index contributed by atoms with van der Waals surface area (Å²) in [5, 5.41) is 17.1. The predicted octanol–water partition coefficient (Wildman–Crippen LogP) is 1.70. The largest absolute Gasteiger partial charge is 0.478 e. The number of nitriles is 1. The van der Waals surface area contributed by atoms with Gasteiger partial charge in [-0.15, -0.1) is 0 Å². The monoisotopic (exact) mass is 179 g/mol. The fourth-order valence-corrected chi connectivity index (χ4v) is 0.957. The lowest BCUT2D eigenvalue weighted by atomic mass is 10.1. The Morgan fingerprint density at radius 2 is 2.23 bits per heavy atom. The molecule has 0 aliphatic carbocycles. The third-order valence-electron chi connectivity index (χ3n) is 1.66. The molecule has 0 atom stereocenters. The summed E-state index contributed by atoms with van der Waals surface area (Å²) in [5.41, 5.74) is 0.144. The summed E-state index contributed by atoms with van der Waals surface area (Å²) in [6, 6.07) is 3.87. The molecule has 0 aromatic heterocycles. The Bertz CT molecular complexity index is 407. The lowest BCUT2D eigenvalue weighted by Crippen LogP contribution is -2.02. The molecule has 0 aliphatic heterocycles. The van der Waals surface area contributed by atoms with Crippen molar-refractivity contribution in [3.63, 3.8) is 0 Å². The van der Waals surface area contributed by atoms with Crippen LogP contribution in [0.25, 0.3) is 0 Å². The fraction of sp³-hybridized carbons (Fsp3) is 0.111. The van der Waals surface area contributed by atoms with Crippen molar-refractivity contribution >= 4 is 5.97 Å². The van der Waals surface area contributed by atoms with Crippen molar-refractivity contribution in [1.82, 2.24) is 0 Å². The van der Waals surface area contributed by atoms with E-state index in [-0.39, 0.29) is 5.56 Å². The topological polar surface area (TPSA) is 61.1 Å². The number of aromatic carboxylic acids is 1. The molecule has 0 amide bonds. The molecular formula is C9H6FNO2. The summed E-state index contributed by atoms with van der Waals surface area (Å²) < 4.78 is 12.9. The molecule has 13 heavy (non-hydrogen) atoms. The molecular weight excluding hydrogens is 173 g/mol. The minimum Gasteiger partial charge on any atom is -0.478 e. The molecule has 0 aliphatic rings. The highest BCUT2D eigenvalue weighted by Gasteiger charge is 2.12. The van der Waals surface area contributed by atoms with Gasteiger partial charge in [0.25, 0.3) is 0 Å². The van der Waals surface area contributed by atoms with Gasteiger partial charge in [-0.05, 0) is 24.6 Å². The third kappa shape index (κ3) is 1.64. The molecule has 1 rings (SSSR count). The van der Waals surface area contributed by atoms with Gasteiger partial charge in [0.2, 0.25) is 0 Å². The molecule has 0 saturated heterocycles. The van der Waals surface area contributed by atoms with Crippen LogP contribution in [0, 0.1) is 24.1 Å². The van der Waals surface area contributed by atoms with Crippen molar-refractivity contribution in [2.45, 2.75) is 6.92 Å². The van der Waals surface area contributed by atoms with Crippen molar-refractivity contribution in [3.05, 3.63) is 34.6 Å². The molecule has 0 fully saturated rings. The number of nitrogens with zero attached hydrogens (tertiary/aromatic N) is 1. The molecule has 4 heteroatoms. The van der Waals surface area contributed by atoms with E-state index in [1.807, 2.05) is 0 Å². The molecule has 0 saturated carbocycles. The maximum atomic E-state index is 12.9. The highest BCUT2D eigenvalue weighted by Crippen LogP contribution is 2.14. The van der Waals surface area contributed by atoms with E-state index >= 15 is 0 Å². The van der Waals surface area contributed by atoms with E-state index in [4.69, 9.17) is 10.4 Å². The van der Waals surface area contributed by atoms with E-state index < -0.39 is 17.3 Å². The Labute approximate surface area is 74.0 Å². The van der Waals surface area contributed by atoms with Crippen molar-refractivity contribution in [1.29, 1.82) is 5.26 Å². The SMILES string of the molecule is Cc1cc(F)c(C(=O)O)cc1C#N. The zero-order chi connectivity index (χ0) is 10.0. The van der Waals surface area contributed by atoms with E-state index in [0.717, 1.165) is 12.1 Å². The number of benzene rings is 1. The highest BCUT2D eigenvalue weighted by atomic mass is 19.1. The first kappa shape index (κ1) is 9.20. The minimum atomic E-state index is -1.37. The summed E-state index contributed by atoms with van der Waals surface area (Å²) in [7, 11) is 0. The van der Waals surface area contributed by atoms with Crippen LogP contribution in [0.3, 0.4) is 0 Å². The van der Waals surface area contributed by atoms with Gasteiger partial charge in [0.15, 0.2) is 0 Å². The Kier molecular flexibility index (Phi) is 2.29. The number of hydrogen-bond acceptors (Lipinski definition) is 2. The molecule has 0 unspecified atom stereocenters. The van der Waals surface area contributed by atoms with Crippen LogP contribution in [0.1, 0.15) is 21.5 Å². The van der Waals surface area contributed by atoms with Crippen molar-refractivity contribution < 1.29 is 14.3 Å². The van der Waals surface area contributed by atoms with Crippen LogP contribution in [0.15, 0.2) is 12.1 Å². The van der Waals surface area contributed by atoms with Gasteiger partial charge in [0, 0.05) is 0 Å². The summed E-state index contributed by atoms with van der Waals surface area (Å²) in [6.45, 7) is 1.55. The second-order valence-corrected chi connectivity index (χ2v) is 2.56. The molecule has 0 spiro atoms. The van der Waals surface area contributed by atoms with E-state index in [0.29, 0.717) is 5.56 Å². The number of hydrogen-bond donors (Lipinski definition) is 1. The average Bonchev–Trinajstić information content (AvgIpc) is 2.03. The molecule has 66 valence electrons. The third-order valence-corrected chi connectivity index (χ3v) is 1.66. The van der Waals surface area contributed by atoms with Gasteiger partial charge in [0.1, 0.15) is 5.82 Å². The zero-order valence-corrected chi connectivity index (χ0v) is 6.84. The smallest absolute Gasteiger partial charge is 0.338 e. The van der Waals surface area contributed by atoms with Crippen molar-refractivity contribution in [2.75, 3.05) is 0 Å². The molecule has 0 radical (unpaired) electrons. The lowest BCUT2D eigenvalue weighted by Gasteiger charge is -2.00. The summed E-state index contributed by atoms with van der Waals surface area (Å²) in [4.78, 5) is 10.5. The number of halogens is 1. The van der Waals surface area contributed by atoms with Crippen LogP contribution >= 0.6 is 0 Å². The van der Waals surface area contributed by atoms with Crippen LogP contribution in [0.5, 0.6) is 0 Å². The number of rotatable bonds is 1. The van der Waals surface area contributed by atoms with Crippen LogP contribution < -0.4 is 0 Å². The van der Waals surface area contributed by atoms with Gasteiger partial charge in [-0.1, -0.05) is 0 Å². The number of carboxylic acid groups (broad SMARTS) is 1. The van der Waals surface area contributed by atoms with E-state index in [2.05, 4.69) is 0 Å². The maximum absolute atomic E-state index is 12.9. The van der Waals surface area contributed by atoms with Crippen LogP contribution in [-0.2, 0) is 0 Å². The first-order valence-corrected chi connectivity index (χ1v) is 3.50. The molecule has 1 aromatic rings. The first-order valence-electron chi connectivity index (χ1n) is 3.50. The predicted molar refractivity (Wildman–Crippen MR) is 42.8 cm³/mol. The number of carbonyl (C=O) groups is 1. The van der Waals surface area contributed by atoms with E-state index in [1.54, 1.807) is 13.0 Å². The Balaban J connectivity index is 3.41. The maximum Gasteiger partial charge on any atom is 0.338 e. The van der Waals surface area contributed by atoms with Gasteiger partial charge in [0.05, 0.1) is 17.2 Å². The lowest BCUT2D eigenvalue weighted by molar-refractivity contribution is 0.0692. The van der Waals surface area contributed by atoms with E-state index in [9.17, 15) is 9.18 Å². The first-order chi connectivity index (χ1) is 6.06. The van der Waals surface area contributed by atoms with Gasteiger partial charge in [-0.3, -0.25) is 0 Å². The summed E-state index contributed by atoms with van der Waals surface area (Å²) in [6.07, 6.45) is 0. The minimum absolute atomic E-state index is 0.179. The van der Waals surface area contributed by atoms with E-state index in [1.165, 1.54) is 0 Å². The summed E-state index contributed by atoms with van der Waals surface area (Å²) in [5.74, 6) is -2.18. The van der Waals surface area contributed by atoms with Crippen LogP contribution in [0.4, 0.5) is 4.39 Å². The Hall–Kier alpha value is -1.89. The second-order valence-electron chi connectivity index (χ2n) is 2.56. The molecule has 3 nitrogen and oxygen atoms in total. The molecule has 0 bridgehead atoms. The normalized spacial score (nSPS) is 9.31. The zero-order valence-electron chi connectivity index (χ0n) is 6.84. The van der Waals surface area contributed by atoms with Gasteiger partial charge >= 0.3 is 5.97 Å². The Morgan fingerprint density at radius 3 is 2.69 bits per heavy atom. The van der Waals surface area contributed by atoms with Gasteiger partial charge < -0.3 is 5.11 Å². The van der Waals surface area contributed by atoms with Gasteiger partial charge in [-0.25, -0.2) is 9.18 Å². The number of aryl methyl sites for hydroxylation is 1. The van der Waals surface area contributed by atoms with Crippen molar-refractivity contribution in [3.8, 4) is 6.07 Å². The quantitative estimate of drug-likeness (QED) is 0.713. The van der Waals surface area contributed by atoms with Crippen molar-refractivity contribution in [2.24, 2.45) is 0 Å². The molecule has 0 heterocycles. The Morgan fingerprint density at radius 1 is 1.62 bits per heavy atom. The molecule has 1 aromatic carbocycles.